The highest BCUT2D eigenvalue weighted by Crippen LogP contribution is 2.28. The fourth-order valence-electron chi connectivity index (χ4n) is 1.18. The predicted octanol–water partition coefficient (Wildman–Crippen LogP) is 1.11. The number of nitrogens with one attached hydrogen (secondary N) is 1. The van der Waals surface area contributed by atoms with Gasteiger partial charge in [0.2, 0.25) is 0 Å². The third-order valence-electron chi connectivity index (χ3n) is 2.13. The molecule has 0 saturated heterocycles. The molecule has 0 radical (unpaired) electrons. The summed E-state index contributed by atoms with van der Waals surface area (Å²) in [7, 11) is 0. The summed E-state index contributed by atoms with van der Waals surface area (Å²) in [6.45, 7) is -0.772. The summed E-state index contributed by atoms with van der Waals surface area (Å²) in [5.41, 5.74) is 0.249. The van der Waals surface area contributed by atoms with Crippen LogP contribution < -0.4 is 5.32 Å². The third kappa shape index (κ3) is 3.79. The van der Waals surface area contributed by atoms with Gasteiger partial charge in [-0.15, -0.1) is 0 Å². The van der Waals surface area contributed by atoms with Gasteiger partial charge in [0.25, 0.3) is 0 Å². The van der Waals surface area contributed by atoms with Crippen molar-refractivity contribution in [3.8, 4) is 11.5 Å². The highest BCUT2D eigenvalue weighted by atomic mass is 19.4. The summed E-state index contributed by atoms with van der Waals surface area (Å²) in [6, 6.07) is 4.15. The number of alkyl halides is 3. The molecule has 0 aliphatic heterocycles. The lowest BCUT2D eigenvalue weighted by molar-refractivity contribution is -0.201. The summed E-state index contributed by atoms with van der Waals surface area (Å²) >= 11 is 0. The van der Waals surface area contributed by atoms with Gasteiger partial charge in [-0.3, -0.25) is 0 Å². The number of aromatic hydroxyl groups is 2. The first-order chi connectivity index (χ1) is 7.82. The molecule has 1 aromatic rings. The smallest absolute Gasteiger partial charge is 0.415 e. The molecule has 0 bridgehead atoms. The SMILES string of the molecule is Oc1cccc(CNCC(O)C(F)(F)F)c1O. The fourth-order valence-corrected chi connectivity index (χ4v) is 1.18. The Morgan fingerprint density at radius 1 is 1.24 bits per heavy atom. The average Bonchev–Trinajstić information content (AvgIpc) is 2.22. The lowest BCUT2D eigenvalue weighted by atomic mass is 10.2. The molecule has 0 amide bonds. The first kappa shape index (κ1) is 13.6. The van der Waals surface area contributed by atoms with Crippen molar-refractivity contribution >= 4 is 0 Å². The Balaban J connectivity index is 2.49. The maximum absolute atomic E-state index is 11.9. The van der Waals surface area contributed by atoms with E-state index in [-0.39, 0.29) is 23.6 Å². The van der Waals surface area contributed by atoms with Gasteiger partial charge >= 0.3 is 6.18 Å². The van der Waals surface area contributed by atoms with Crippen LogP contribution in [0.25, 0.3) is 0 Å². The third-order valence-corrected chi connectivity index (χ3v) is 2.13. The van der Waals surface area contributed by atoms with Crippen LogP contribution >= 0.6 is 0 Å². The minimum absolute atomic E-state index is 0.0899. The van der Waals surface area contributed by atoms with Crippen molar-refractivity contribution in [2.45, 2.75) is 18.8 Å². The first-order valence-electron chi connectivity index (χ1n) is 4.77. The van der Waals surface area contributed by atoms with Crippen LogP contribution in [0.2, 0.25) is 0 Å². The molecule has 0 aliphatic rings. The number of hydrogen-bond acceptors (Lipinski definition) is 4. The molecule has 1 unspecified atom stereocenters. The zero-order valence-corrected chi connectivity index (χ0v) is 8.70. The van der Waals surface area contributed by atoms with E-state index in [0.717, 1.165) is 0 Å². The van der Waals surface area contributed by atoms with Gasteiger partial charge in [0, 0.05) is 18.7 Å². The molecule has 0 aromatic heterocycles. The standard InChI is InChI=1S/C10H12F3NO3/c11-10(12,13)8(16)5-14-4-6-2-1-3-7(15)9(6)17/h1-3,8,14-17H,4-5H2. The van der Waals surface area contributed by atoms with Crippen molar-refractivity contribution in [1.29, 1.82) is 0 Å². The maximum Gasteiger partial charge on any atom is 0.415 e. The largest absolute Gasteiger partial charge is 0.504 e. The summed E-state index contributed by atoms with van der Waals surface area (Å²) < 4.78 is 35.8. The second-order valence-corrected chi connectivity index (χ2v) is 3.47. The monoisotopic (exact) mass is 251 g/mol. The van der Waals surface area contributed by atoms with E-state index < -0.39 is 18.8 Å². The normalized spacial score (nSPS) is 13.6. The second-order valence-electron chi connectivity index (χ2n) is 3.47. The number of rotatable bonds is 4. The van der Waals surface area contributed by atoms with Gasteiger partial charge in [-0.2, -0.15) is 13.2 Å². The van der Waals surface area contributed by atoms with Crippen LogP contribution in [-0.4, -0.2) is 34.1 Å². The Labute approximate surface area is 95.3 Å². The number of halogens is 3. The average molecular weight is 251 g/mol. The highest BCUT2D eigenvalue weighted by Gasteiger charge is 2.37. The molecule has 17 heavy (non-hydrogen) atoms. The molecule has 4 N–H and O–H groups in total. The summed E-state index contributed by atoms with van der Waals surface area (Å²) in [5.74, 6) is -0.734. The van der Waals surface area contributed by atoms with Crippen LogP contribution in [0.1, 0.15) is 5.56 Å². The van der Waals surface area contributed by atoms with Crippen LogP contribution in [0, 0.1) is 0 Å². The second kappa shape index (κ2) is 5.24. The molecule has 96 valence electrons. The van der Waals surface area contributed by atoms with Crippen LogP contribution in [0.4, 0.5) is 13.2 Å². The van der Waals surface area contributed by atoms with Gasteiger partial charge in [-0.05, 0) is 6.07 Å². The maximum atomic E-state index is 11.9. The molecule has 1 rings (SSSR count). The number of para-hydroxylation sites is 1. The summed E-state index contributed by atoms with van der Waals surface area (Å²) in [5, 5.41) is 29.5. The van der Waals surface area contributed by atoms with E-state index in [4.69, 9.17) is 10.2 Å². The molecule has 0 spiro atoms. The van der Waals surface area contributed by atoms with Gasteiger partial charge in [-0.1, -0.05) is 12.1 Å². The minimum Gasteiger partial charge on any atom is -0.504 e. The van der Waals surface area contributed by atoms with E-state index in [1.54, 1.807) is 0 Å². The van der Waals surface area contributed by atoms with Crippen LogP contribution in [0.5, 0.6) is 11.5 Å². The van der Waals surface area contributed by atoms with Crippen molar-refractivity contribution in [3.63, 3.8) is 0 Å². The van der Waals surface area contributed by atoms with Crippen molar-refractivity contribution in [3.05, 3.63) is 23.8 Å². The number of phenols is 2. The molecule has 0 saturated carbocycles. The van der Waals surface area contributed by atoms with Gasteiger partial charge < -0.3 is 20.6 Å². The first-order valence-corrected chi connectivity index (χ1v) is 4.77. The predicted molar refractivity (Wildman–Crippen MR) is 53.5 cm³/mol. The lowest BCUT2D eigenvalue weighted by Crippen LogP contribution is -2.38. The summed E-state index contributed by atoms with van der Waals surface area (Å²) in [4.78, 5) is 0. The number of aliphatic hydroxyl groups excluding tert-OH is 1. The van der Waals surface area contributed by atoms with Crippen LogP contribution in [-0.2, 0) is 6.54 Å². The molecule has 4 nitrogen and oxygen atoms in total. The summed E-state index contributed by atoms with van der Waals surface area (Å²) in [6.07, 6.45) is -7.13. The van der Waals surface area contributed by atoms with Gasteiger partial charge in [0.1, 0.15) is 0 Å². The van der Waals surface area contributed by atoms with Crippen LogP contribution in [0.15, 0.2) is 18.2 Å². The fraction of sp³-hybridized carbons (Fsp3) is 0.400. The van der Waals surface area contributed by atoms with Crippen molar-refractivity contribution in [2.24, 2.45) is 0 Å². The zero-order valence-electron chi connectivity index (χ0n) is 8.70. The molecule has 0 fully saturated rings. The number of benzene rings is 1. The van der Waals surface area contributed by atoms with Gasteiger partial charge in [0.05, 0.1) is 0 Å². The molecule has 1 atom stereocenters. The topological polar surface area (TPSA) is 72.7 Å². The Hall–Kier alpha value is -1.47. The Kier molecular flexibility index (Phi) is 4.19. The quantitative estimate of drug-likeness (QED) is 0.605. The molecular weight excluding hydrogens is 239 g/mol. The van der Waals surface area contributed by atoms with E-state index in [9.17, 15) is 18.3 Å². The van der Waals surface area contributed by atoms with Crippen LogP contribution in [0.3, 0.4) is 0 Å². The molecule has 0 aliphatic carbocycles. The lowest BCUT2D eigenvalue weighted by Gasteiger charge is -2.15. The van der Waals surface area contributed by atoms with E-state index >= 15 is 0 Å². The molecule has 7 heteroatoms. The molecular formula is C10H12F3NO3. The van der Waals surface area contributed by atoms with Crippen molar-refractivity contribution in [2.75, 3.05) is 6.54 Å². The number of phenolic OH excluding ortho intramolecular Hbond substituents is 2. The molecule has 0 heterocycles. The van der Waals surface area contributed by atoms with Gasteiger partial charge in [-0.25, -0.2) is 0 Å². The Morgan fingerprint density at radius 3 is 2.47 bits per heavy atom. The number of aliphatic hydroxyl groups is 1. The van der Waals surface area contributed by atoms with E-state index in [0.29, 0.717) is 0 Å². The van der Waals surface area contributed by atoms with Crippen molar-refractivity contribution < 1.29 is 28.5 Å². The van der Waals surface area contributed by atoms with Gasteiger partial charge in [0.15, 0.2) is 17.6 Å². The molecule has 1 aromatic carbocycles. The highest BCUT2D eigenvalue weighted by molar-refractivity contribution is 5.44. The van der Waals surface area contributed by atoms with Crippen molar-refractivity contribution in [1.82, 2.24) is 5.32 Å². The minimum atomic E-state index is -4.67. The van der Waals surface area contributed by atoms with E-state index in [1.165, 1.54) is 18.2 Å². The number of hydrogen-bond donors (Lipinski definition) is 4. The van der Waals surface area contributed by atoms with E-state index in [1.807, 2.05) is 0 Å². The zero-order chi connectivity index (χ0) is 13.1. The Morgan fingerprint density at radius 2 is 1.88 bits per heavy atom. The van der Waals surface area contributed by atoms with E-state index in [2.05, 4.69) is 5.32 Å². The Bertz CT molecular complexity index is 382.